The van der Waals surface area contributed by atoms with Gasteiger partial charge in [-0.25, -0.2) is 0 Å². The molecule has 1 rings (SSSR count). The van der Waals surface area contributed by atoms with Crippen LogP contribution in [0.2, 0.25) is 0 Å². The summed E-state index contributed by atoms with van der Waals surface area (Å²) in [5.41, 5.74) is 1.93. The van der Waals surface area contributed by atoms with E-state index in [-0.39, 0.29) is 0 Å². The minimum Gasteiger partial charge on any atom is -0.149 e. The van der Waals surface area contributed by atoms with Crippen LogP contribution < -0.4 is 0 Å². The predicted octanol–water partition coefficient (Wildman–Crippen LogP) is 4.04. The Morgan fingerprint density at radius 3 is 2.50 bits per heavy atom. The van der Waals surface area contributed by atoms with Crippen molar-refractivity contribution in [1.29, 1.82) is 0 Å². The van der Waals surface area contributed by atoms with Gasteiger partial charge in [0.1, 0.15) is 0 Å². The Kier molecular flexibility index (Phi) is 2.94. The van der Waals surface area contributed by atoms with E-state index in [4.69, 9.17) is 0 Å². The lowest BCUT2D eigenvalue weighted by atomic mass is 9.85. The summed E-state index contributed by atoms with van der Waals surface area (Å²) in [5, 5.41) is 2.19. The molecule has 0 saturated carbocycles. The zero-order valence-corrected chi connectivity index (χ0v) is 9.29. The second-order valence-corrected chi connectivity index (χ2v) is 5.22. The molecule has 0 radical (unpaired) electrons. The molecule has 0 atom stereocenters. The van der Waals surface area contributed by atoms with Crippen LogP contribution in [0.1, 0.15) is 37.6 Å². The number of hydrogen-bond donors (Lipinski definition) is 0. The van der Waals surface area contributed by atoms with Crippen molar-refractivity contribution in [1.82, 2.24) is 0 Å². The number of aryl methyl sites for hydroxylation is 1. The molecule has 0 saturated heterocycles. The maximum atomic E-state index is 2.34. The van der Waals surface area contributed by atoms with E-state index in [0.717, 1.165) is 0 Å². The van der Waals surface area contributed by atoms with E-state index in [1.807, 2.05) is 11.3 Å². The monoisotopic (exact) mass is 182 g/mol. The maximum absolute atomic E-state index is 2.34. The molecule has 1 heterocycles. The molecule has 0 aromatic carbocycles. The molecule has 0 bridgehead atoms. The van der Waals surface area contributed by atoms with E-state index in [2.05, 4.69) is 39.1 Å². The van der Waals surface area contributed by atoms with Gasteiger partial charge in [-0.1, -0.05) is 27.2 Å². The first-order valence-electron chi connectivity index (χ1n) is 4.58. The SMILES string of the molecule is CCC(C)(C)Cc1sccc1C. The van der Waals surface area contributed by atoms with Gasteiger partial charge in [0.15, 0.2) is 0 Å². The van der Waals surface area contributed by atoms with Crippen LogP contribution in [0.15, 0.2) is 11.4 Å². The summed E-state index contributed by atoms with van der Waals surface area (Å²) in [4.78, 5) is 1.56. The van der Waals surface area contributed by atoms with Gasteiger partial charge in [-0.05, 0) is 35.8 Å². The minimum atomic E-state index is 0.468. The molecule has 1 aromatic heterocycles. The molecule has 0 aliphatic heterocycles. The van der Waals surface area contributed by atoms with Crippen molar-refractivity contribution in [3.05, 3.63) is 21.9 Å². The van der Waals surface area contributed by atoms with Crippen LogP contribution in [0.3, 0.4) is 0 Å². The van der Waals surface area contributed by atoms with E-state index >= 15 is 0 Å². The van der Waals surface area contributed by atoms with Gasteiger partial charge in [-0.3, -0.25) is 0 Å². The Hall–Kier alpha value is -0.300. The van der Waals surface area contributed by atoms with Crippen LogP contribution in [0.25, 0.3) is 0 Å². The fourth-order valence-corrected chi connectivity index (χ4v) is 2.31. The summed E-state index contributed by atoms with van der Waals surface area (Å²) >= 11 is 1.89. The van der Waals surface area contributed by atoms with E-state index in [0.29, 0.717) is 5.41 Å². The normalized spacial score (nSPS) is 12.0. The Balaban J connectivity index is 2.70. The largest absolute Gasteiger partial charge is 0.149 e. The highest BCUT2D eigenvalue weighted by atomic mass is 32.1. The Morgan fingerprint density at radius 2 is 2.08 bits per heavy atom. The number of hydrogen-bond acceptors (Lipinski definition) is 1. The van der Waals surface area contributed by atoms with Crippen molar-refractivity contribution < 1.29 is 0 Å². The summed E-state index contributed by atoms with van der Waals surface area (Å²) in [6.07, 6.45) is 2.48. The van der Waals surface area contributed by atoms with E-state index in [9.17, 15) is 0 Å². The minimum absolute atomic E-state index is 0.468. The maximum Gasteiger partial charge on any atom is 0.00797 e. The quantitative estimate of drug-likeness (QED) is 0.662. The van der Waals surface area contributed by atoms with Gasteiger partial charge in [0.05, 0.1) is 0 Å². The molecule has 1 heteroatoms. The van der Waals surface area contributed by atoms with Gasteiger partial charge in [0.25, 0.3) is 0 Å². The third-order valence-corrected chi connectivity index (χ3v) is 3.59. The summed E-state index contributed by atoms with van der Waals surface area (Å²) in [7, 11) is 0. The van der Waals surface area contributed by atoms with E-state index < -0.39 is 0 Å². The van der Waals surface area contributed by atoms with Gasteiger partial charge < -0.3 is 0 Å². The second kappa shape index (κ2) is 3.61. The lowest BCUT2D eigenvalue weighted by molar-refractivity contribution is 0.351. The Morgan fingerprint density at radius 1 is 1.42 bits per heavy atom. The molecule has 0 unspecified atom stereocenters. The van der Waals surface area contributed by atoms with Gasteiger partial charge >= 0.3 is 0 Å². The predicted molar refractivity (Wildman–Crippen MR) is 56.8 cm³/mol. The van der Waals surface area contributed by atoms with Crippen molar-refractivity contribution in [2.24, 2.45) is 5.41 Å². The van der Waals surface area contributed by atoms with Crippen LogP contribution in [-0.2, 0) is 6.42 Å². The first-order chi connectivity index (χ1) is 5.55. The van der Waals surface area contributed by atoms with Crippen LogP contribution in [0, 0.1) is 12.3 Å². The molecule has 0 nitrogen and oxygen atoms in total. The molecule has 12 heavy (non-hydrogen) atoms. The molecule has 0 aliphatic carbocycles. The standard InChI is InChI=1S/C11H18S/c1-5-11(3,4)8-10-9(2)6-7-12-10/h6-7H,5,8H2,1-4H3. The smallest absolute Gasteiger partial charge is 0.00797 e. The molecule has 0 spiro atoms. The second-order valence-electron chi connectivity index (χ2n) is 4.22. The molecular weight excluding hydrogens is 164 g/mol. The third kappa shape index (κ3) is 2.34. The fourth-order valence-electron chi connectivity index (χ4n) is 1.14. The third-order valence-electron chi connectivity index (χ3n) is 2.56. The zero-order chi connectivity index (χ0) is 9.19. The highest BCUT2D eigenvalue weighted by Crippen LogP contribution is 2.29. The topological polar surface area (TPSA) is 0 Å². The van der Waals surface area contributed by atoms with Crippen LogP contribution in [0.5, 0.6) is 0 Å². The Bertz CT molecular complexity index is 245. The van der Waals surface area contributed by atoms with Crippen LogP contribution >= 0.6 is 11.3 Å². The van der Waals surface area contributed by atoms with Crippen molar-refractivity contribution in [2.45, 2.75) is 40.5 Å². The summed E-state index contributed by atoms with van der Waals surface area (Å²) in [6.45, 7) is 9.15. The van der Waals surface area contributed by atoms with Crippen LogP contribution in [-0.4, -0.2) is 0 Å². The molecule has 0 aliphatic rings. The van der Waals surface area contributed by atoms with Gasteiger partial charge in [0, 0.05) is 4.88 Å². The Labute approximate surface area is 79.6 Å². The average Bonchev–Trinajstić information content (AvgIpc) is 2.36. The molecule has 0 amide bonds. The van der Waals surface area contributed by atoms with Crippen molar-refractivity contribution in [3.63, 3.8) is 0 Å². The summed E-state index contributed by atoms with van der Waals surface area (Å²) < 4.78 is 0. The first kappa shape index (κ1) is 9.79. The van der Waals surface area contributed by atoms with Crippen molar-refractivity contribution in [2.75, 3.05) is 0 Å². The first-order valence-corrected chi connectivity index (χ1v) is 5.46. The van der Waals surface area contributed by atoms with Gasteiger partial charge in [-0.2, -0.15) is 0 Å². The summed E-state index contributed by atoms with van der Waals surface area (Å²) in [5.74, 6) is 0. The lowest BCUT2D eigenvalue weighted by Crippen LogP contribution is -2.12. The molecule has 0 N–H and O–H groups in total. The molecule has 0 fully saturated rings. The van der Waals surface area contributed by atoms with E-state index in [1.54, 1.807) is 4.88 Å². The molecule has 1 aromatic rings. The average molecular weight is 182 g/mol. The highest BCUT2D eigenvalue weighted by molar-refractivity contribution is 7.10. The molecular formula is C11H18S. The van der Waals surface area contributed by atoms with E-state index in [1.165, 1.54) is 18.4 Å². The number of rotatable bonds is 3. The van der Waals surface area contributed by atoms with Gasteiger partial charge in [0.2, 0.25) is 0 Å². The van der Waals surface area contributed by atoms with Crippen molar-refractivity contribution in [3.8, 4) is 0 Å². The fraction of sp³-hybridized carbons (Fsp3) is 0.636. The van der Waals surface area contributed by atoms with Gasteiger partial charge in [-0.15, -0.1) is 11.3 Å². The van der Waals surface area contributed by atoms with Crippen LogP contribution in [0.4, 0.5) is 0 Å². The zero-order valence-electron chi connectivity index (χ0n) is 8.48. The molecule has 68 valence electrons. The number of thiophene rings is 1. The lowest BCUT2D eigenvalue weighted by Gasteiger charge is -2.21. The highest BCUT2D eigenvalue weighted by Gasteiger charge is 2.17. The summed E-state index contributed by atoms with van der Waals surface area (Å²) in [6, 6.07) is 2.21. The van der Waals surface area contributed by atoms with Crippen molar-refractivity contribution >= 4 is 11.3 Å².